The van der Waals surface area contributed by atoms with E-state index in [1.165, 1.54) is 5.56 Å². The molecule has 2 aliphatic carbocycles. The Morgan fingerprint density at radius 1 is 1.28 bits per heavy atom. The van der Waals surface area contributed by atoms with Crippen LogP contribution in [0.15, 0.2) is 12.1 Å². The lowest BCUT2D eigenvalue weighted by molar-refractivity contribution is -0.138. The second-order valence-corrected chi connectivity index (χ2v) is 9.18. The van der Waals surface area contributed by atoms with E-state index in [2.05, 4.69) is 23.3 Å². The minimum absolute atomic E-state index is 0.202. The Kier molecular flexibility index (Phi) is 3.78. The fourth-order valence-corrected chi connectivity index (χ4v) is 6.60. The van der Waals surface area contributed by atoms with Crippen LogP contribution in [0.4, 0.5) is 4.79 Å². The van der Waals surface area contributed by atoms with E-state index in [4.69, 9.17) is 9.47 Å². The van der Waals surface area contributed by atoms with Gasteiger partial charge in [0.2, 0.25) is 0 Å². The maximum Gasteiger partial charge on any atom is 0.415 e. The molecule has 1 aromatic rings. The zero-order valence-electron chi connectivity index (χ0n) is 16.8. The van der Waals surface area contributed by atoms with E-state index in [1.54, 1.807) is 4.90 Å². The number of carbonyl (C=O) groups excluding carboxylic acids is 2. The Labute approximate surface area is 170 Å². The number of piperidine rings is 1. The second-order valence-electron chi connectivity index (χ2n) is 9.18. The van der Waals surface area contributed by atoms with E-state index in [0.717, 1.165) is 44.5 Å². The van der Waals surface area contributed by atoms with Crippen molar-refractivity contribution in [2.24, 2.45) is 5.92 Å². The topological polar surface area (TPSA) is 71.1 Å². The third-order valence-electron chi connectivity index (χ3n) is 7.94. The Morgan fingerprint density at radius 3 is 2.93 bits per heavy atom. The second kappa shape index (κ2) is 6.19. The van der Waals surface area contributed by atoms with Gasteiger partial charge in [-0.2, -0.15) is 0 Å². The van der Waals surface area contributed by atoms with E-state index in [0.29, 0.717) is 43.0 Å². The first-order valence-electron chi connectivity index (χ1n) is 10.8. The normalized spacial score (nSPS) is 35.1. The molecule has 1 aromatic carbocycles. The third-order valence-corrected chi connectivity index (χ3v) is 7.94. The van der Waals surface area contributed by atoms with Gasteiger partial charge in [0.25, 0.3) is 0 Å². The molecule has 0 radical (unpaired) electrons. The number of ether oxygens (including phenoxy) is 2. The fourth-order valence-electron chi connectivity index (χ4n) is 6.60. The van der Waals surface area contributed by atoms with E-state index < -0.39 is 6.10 Å². The van der Waals surface area contributed by atoms with Gasteiger partial charge in [0.1, 0.15) is 0 Å². The van der Waals surface area contributed by atoms with Crippen molar-refractivity contribution in [1.82, 2.24) is 15.1 Å². The third kappa shape index (κ3) is 2.31. The van der Waals surface area contributed by atoms with Crippen molar-refractivity contribution in [3.05, 3.63) is 23.3 Å². The molecule has 7 nitrogen and oxygen atoms in total. The number of likely N-dealkylation sites (N-methyl/N-ethyl adjacent to an activating group) is 1. The highest BCUT2D eigenvalue weighted by Crippen LogP contribution is 2.63. The molecule has 3 heterocycles. The summed E-state index contributed by atoms with van der Waals surface area (Å²) in [5, 5.41) is 3.24. The first-order chi connectivity index (χ1) is 14.1. The summed E-state index contributed by atoms with van der Waals surface area (Å²) in [7, 11) is 2.20. The molecule has 1 N–H and O–H groups in total. The average molecular weight is 397 g/mol. The first kappa shape index (κ1) is 17.7. The standard InChI is InChI=1S/C22H27N3O4/c1-24-9-6-22-14-3-4-16(26)20(22)29-19-17(5-2-13(18(19)22)12-15(14)24)28-21(27)25-10-7-23-8-11-25/h2,5,14-15,20,23H,3-4,6-12H2,1H3/t14?,15?,20-,22-/m0/s1. The summed E-state index contributed by atoms with van der Waals surface area (Å²) in [6, 6.07) is 4.41. The summed E-state index contributed by atoms with van der Waals surface area (Å²) in [6.07, 6.45) is 2.65. The lowest BCUT2D eigenvalue weighted by atomic mass is 9.52. The monoisotopic (exact) mass is 397 g/mol. The van der Waals surface area contributed by atoms with Gasteiger partial charge in [0, 0.05) is 49.6 Å². The van der Waals surface area contributed by atoms with Crippen molar-refractivity contribution in [2.75, 3.05) is 39.8 Å². The maximum atomic E-state index is 12.9. The number of Topliss-reactive ketones (excluding diaryl/α,β-unsaturated/α-hetero) is 1. The minimum Gasteiger partial charge on any atom is -0.477 e. The highest BCUT2D eigenvalue weighted by molar-refractivity contribution is 5.89. The number of hydrogen-bond donors (Lipinski definition) is 1. The quantitative estimate of drug-likeness (QED) is 0.771. The molecule has 5 aliphatic rings. The maximum absolute atomic E-state index is 12.9. The molecule has 3 fully saturated rings. The highest BCUT2D eigenvalue weighted by atomic mass is 16.6. The van der Waals surface area contributed by atoms with E-state index >= 15 is 0 Å². The number of rotatable bonds is 1. The van der Waals surface area contributed by atoms with E-state index in [9.17, 15) is 9.59 Å². The lowest BCUT2D eigenvalue weighted by Crippen LogP contribution is -2.65. The van der Waals surface area contributed by atoms with Crippen LogP contribution in [0.2, 0.25) is 0 Å². The summed E-state index contributed by atoms with van der Waals surface area (Å²) in [4.78, 5) is 29.8. The molecular weight excluding hydrogens is 370 g/mol. The molecule has 1 amide bonds. The van der Waals surface area contributed by atoms with Gasteiger partial charge in [-0.15, -0.1) is 0 Å². The zero-order valence-corrected chi connectivity index (χ0v) is 16.8. The van der Waals surface area contributed by atoms with Crippen molar-refractivity contribution in [2.45, 2.75) is 43.2 Å². The smallest absolute Gasteiger partial charge is 0.415 e. The molecule has 4 atom stereocenters. The molecular formula is C22H27N3O4. The van der Waals surface area contributed by atoms with Crippen LogP contribution in [0.3, 0.4) is 0 Å². The predicted molar refractivity (Wildman–Crippen MR) is 105 cm³/mol. The summed E-state index contributed by atoms with van der Waals surface area (Å²) >= 11 is 0. The largest absolute Gasteiger partial charge is 0.477 e. The van der Waals surface area contributed by atoms with Crippen molar-refractivity contribution in [1.29, 1.82) is 0 Å². The van der Waals surface area contributed by atoms with Crippen LogP contribution in [0.5, 0.6) is 11.5 Å². The van der Waals surface area contributed by atoms with Gasteiger partial charge in [0.15, 0.2) is 23.4 Å². The van der Waals surface area contributed by atoms with Crippen LogP contribution >= 0.6 is 0 Å². The van der Waals surface area contributed by atoms with Crippen LogP contribution in [0.1, 0.15) is 30.4 Å². The molecule has 0 aromatic heterocycles. The van der Waals surface area contributed by atoms with Crippen LogP contribution in [-0.2, 0) is 16.6 Å². The Morgan fingerprint density at radius 2 is 2.10 bits per heavy atom. The molecule has 1 spiro atoms. The number of ketones is 1. The van der Waals surface area contributed by atoms with Gasteiger partial charge >= 0.3 is 6.09 Å². The number of hydrogen-bond acceptors (Lipinski definition) is 6. The van der Waals surface area contributed by atoms with Crippen molar-refractivity contribution < 1.29 is 19.1 Å². The number of piperazine rings is 1. The average Bonchev–Trinajstić information content (AvgIpc) is 3.10. The van der Waals surface area contributed by atoms with Crippen molar-refractivity contribution in [3.8, 4) is 11.5 Å². The van der Waals surface area contributed by atoms with Crippen molar-refractivity contribution in [3.63, 3.8) is 0 Å². The van der Waals surface area contributed by atoms with Crippen LogP contribution in [-0.4, -0.2) is 73.6 Å². The van der Waals surface area contributed by atoms with Gasteiger partial charge in [-0.3, -0.25) is 4.79 Å². The number of carbonyl (C=O) groups is 2. The van der Waals surface area contributed by atoms with Gasteiger partial charge in [-0.25, -0.2) is 4.79 Å². The van der Waals surface area contributed by atoms with Gasteiger partial charge in [-0.05, 0) is 50.4 Å². The molecule has 29 heavy (non-hydrogen) atoms. The van der Waals surface area contributed by atoms with E-state index in [-0.39, 0.29) is 17.3 Å². The molecule has 2 bridgehead atoms. The first-order valence-corrected chi connectivity index (χ1v) is 10.8. The number of nitrogens with one attached hydrogen (secondary N) is 1. The summed E-state index contributed by atoms with van der Waals surface area (Å²) < 4.78 is 12.2. The Balaban J connectivity index is 1.42. The van der Waals surface area contributed by atoms with Crippen LogP contribution in [0.25, 0.3) is 0 Å². The molecule has 2 unspecified atom stereocenters. The molecule has 7 heteroatoms. The Hall–Kier alpha value is -2.12. The zero-order chi connectivity index (χ0) is 19.8. The predicted octanol–water partition coefficient (Wildman–Crippen LogP) is 1.33. The molecule has 2 saturated heterocycles. The number of amides is 1. The van der Waals surface area contributed by atoms with E-state index in [1.807, 2.05) is 6.07 Å². The van der Waals surface area contributed by atoms with Gasteiger partial charge in [0.05, 0.1) is 0 Å². The van der Waals surface area contributed by atoms with Crippen molar-refractivity contribution >= 4 is 11.9 Å². The fraction of sp³-hybridized carbons (Fsp3) is 0.636. The number of likely N-dealkylation sites (tertiary alicyclic amines) is 1. The number of nitrogens with zero attached hydrogens (tertiary/aromatic N) is 2. The van der Waals surface area contributed by atoms with Crippen LogP contribution in [0, 0.1) is 5.92 Å². The summed E-state index contributed by atoms with van der Waals surface area (Å²) in [6.45, 7) is 3.80. The minimum atomic E-state index is -0.425. The van der Waals surface area contributed by atoms with Crippen LogP contribution < -0.4 is 14.8 Å². The molecule has 3 aliphatic heterocycles. The Bertz CT molecular complexity index is 896. The van der Waals surface area contributed by atoms with Gasteiger partial charge < -0.3 is 24.6 Å². The molecule has 1 saturated carbocycles. The highest BCUT2D eigenvalue weighted by Gasteiger charge is 2.65. The van der Waals surface area contributed by atoms with Gasteiger partial charge in [-0.1, -0.05) is 6.07 Å². The summed E-state index contributed by atoms with van der Waals surface area (Å²) in [5.41, 5.74) is 2.18. The number of benzene rings is 1. The molecule has 6 rings (SSSR count). The SMILES string of the molecule is CN1CC[C@]23c4c5ccc(OC(=O)N6CCNCC6)c4O[C@H]2C(=O)CCC3C1C5. The lowest BCUT2D eigenvalue weighted by Gasteiger charge is -2.57. The summed E-state index contributed by atoms with van der Waals surface area (Å²) in [5.74, 6) is 1.75. The molecule has 154 valence electrons.